The zero-order valence-corrected chi connectivity index (χ0v) is 14.1. The van der Waals surface area contributed by atoms with E-state index in [0.717, 1.165) is 12.8 Å². The zero-order valence-electron chi connectivity index (χ0n) is 8.98. The van der Waals surface area contributed by atoms with Gasteiger partial charge in [-0.15, -0.1) is 13.3 Å². The standard InChI is InChI=1S/C7H9.C5H5.2ClH.Hf/c1-6-4-3-5-7(6)2;1-2-4-5-3-1;;;/h3H,4H2,1-2H3;1-3H,4H2;2*1H;/q2*-1;;;+4/p-2. The molecule has 0 bridgehead atoms. The first kappa shape index (κ1) is 20.8. The monoisotopic (exact) mass is 408 g/mol. The molecule has 0 aromatic heterocycles. The Morgan fingerprint density at radius 1 is 1.20 bits per heavy atom. The summed E-state index contributed by atoms with van der Waals surface area (Å²) >= 11 is 0. The molecule has 0 saturated heterocycles. The van der Waals surface area contributed by atoms with Gasteiger partial charge in [0, 0.05) is 0 Å². The second-order valence-electron chi connectivity index (χ2n) is 2.96. The van der Waals surface area contributed by atoms with Gasteiger partial charge in [-0.3, -0.25) is 12.2 Å². The van der Waals surface area contributed by atoms with Crippen molar-refractivity contribution in [3.05, 3.63) is 47.6 Å². The van der Waals surface area contributed by atoms with Crippen molar-refractivity contribution in [1.82, 2.24) is 0 Å². The SMILES string of the molecule is CC1=C(C)CC=[C-]1.[C-]1=CC=CC1.[Cl-].[Cl-].[Hf+4]. The van der Waals surface area contributed by atoms with E-state index in [4.69, 9.17) is 0 Å². The van der Waals surface area contributed by atoms with Gasteiger partial charge < -0.3 is 24.8 Å². The molecule has 0 aromatic rings. The maximum absolute atomic E-state index is 3.12. The molecule has 80 valence electrons. The largest absolute Gasteiger partial charge is 4.00 e. The Balaban J connectivity index is -0.000000165. The van der Waals surface area contributed by atoms with Crippen molar-refractivity contribution in [2.75, 3.05) is 0 Å². The summed E-state index contributed by atoms with van der Waals surface area (Å²) in [5, 5.41) is 0. The van der Waals surface area contributed by atoms with Crippen LogP contribution in [0.15, 0.2) is 35.5 Å². The van der Waals surface area contributed by atoms with Crippen LogP contribution in [0.3, 0.4) is 0 Å². The van der Waals surface area contributed by atoms with Crippen LogP contribution in [0.4, 0.5) is 0 Å². The van der Waals surface area contributed by atoms with Crippen molar-refractivity contribution < 1.29 is 50.7 Å². The summed E-state index contributed by atoms with van der Waals surface area (Å²) in [6, 6.07) is 0. The summed E-state index contributed by atoms with van der Waals surface area (Å²) in [7, 11) is 0. The van der Waals surface area contributed by atoms with Crippen LogP contribution in [0.5, 0.6) is 0 Å². The van der Waals surface area contributed by atoms with Gasteiger partial charge in [0.1, 0.15) is 0 Å². The zero-order chi connectivity index (χ0) is 8.81. The average Bonchev–Trinajstić information content (AvgIpc) is 2.67. The minimum atomic E-state index is 0. The second kappa shape index (κ2) is 12.5. The summed E-state index contributed by atoms with van der Waals surface area (Å²) in [5.74, 6) is 0. The van der Waals surface area contributed by atoms with E-state index in [0.29, 0.717) is 0 Å². The van der Waals surface area contributed by atoms with Gasteiger partial charge >= 0.3 is 25.8 Å². The van der Waals surface area contributed by atoms with Crippen LogP contribution in [0.1, 0.15) is 26.7 Å². The molecule has 15 heavy (non-hydrogen) atoms. The van der Waals surface area contributed by atoms with Crippen molar-refractivity contribution in [2.45, 2.75) is 26.7 Å². The van der Waals surface area contributed by atoms with Crippen LogP contribution in [0.2, 0.25) is 0 Å². The van der Waals surface area contributed by atoms with E-state index in [2.05, 4.69) is 38.2 Å². The Labute approximate surface area is 124 Å². The van der Waals surface area contributed by atoms with Crippen molar-refractivity contribution in [3.63, 3.8) is 0 Å². The Hall–Kier alpha value is 0.410. The smallest absolute Gasteiger partial charge is 1.00 e. The first-order valence-corrected chi connectivity index (χ1v) is 4.27. The minimum Gasteiger partial charge on any atom is -1.00 e. The van der Waals surface area contributed by atoms with Gasteiger partial charge in [-0.05, 0) is 0 Å². The van der Waals surface area contributed by atoms with Crippen molar-refractivity contribution in [3.8, 4) is 0 Å². The molecule has 0 atom stereocenters. The van der Waals surface area contributed by atoms with Crippen LogP contribution >= 0.6 is 0 Å². The number of hydrogen-bond acceptors (Lipinski definition) is 0. The summed E-state index contributed by atoms with van der Waals surface area (Å²) in [6.07, 6.45) is 16.3. The third-order valence-electron chi connectivity index (χ3n) is 1.95. The third-order valence-corrected chi connectivity index (χ3v) is 1.95. The van der Waals surface area contributed by atoms with Gasteiger partial charge in [-0.1, -0.05) is 13.3 Å². The van der Waals surface area contributed by atoms with E-state index in [1.807, 2.05) is 12.2 Å². The number of halogens is 2. The topological polar surface area (TPSA) is 0 Å². The number of allylic oxidation sites excluding steroid dienone is 8. The van der Waals surface area contributed by atoms with Crippen molar-refractivity contribution >= 4 is 0 Å². The fourth-order valence-corrected chi connectivity index (χ4v) is 0.974. The molecule has 3 heteroatoms. The Bertz CT molecular complexity index is 253. The van der Waals surface area contributed by atoms with E-state index >= 15 is 0 Å². The van der Waals surface area contributed by atoms with Crippen LogP contribution in [0, 0.1) is 12.2 Å². The van der Waals surface area contributed by atoms with Crippen LogP contribution in [0.25, 0.3) is 0 Å². The molecule has 0 radical (unpaired) electrons. The molecule has 2 aliphatic carbocycles. The molecule has 0 fully saturated rings. The Morgan fingerprint density at radius 2 is 1.87 bits per heavy atom. The molecule has 0 amide bonds. The van der Waals surface area contributed by atoms with Gasteiger partial charge in [0.05, 0.1) is 0 Å². The molecule has 0 aliphatic heterocycles. The maximum Gasteiger partial charge on any atom is 4.00 e. The molecule has 0 heterocycles. The van der Waals surface area contributed by atoms with E-state index < -0.39 is 0 Å². The van der Waals surface area contributed by atoms with E-state index in [1.54, 1.807) is 0 Å². The molecule has 0 spiro atoms. The summed E-state index contributed by atoms with van der Waals surface area (Å²) in [5.41, 5.74) is 2.78. The van der Waals surface area contributed by atoms with Gasteiger partial charge in [0.2, 0.25) is 0 Å². The predicted octanol–water partition coefficient (Wildman–Crippen LogP) is -2.60. The second-order valence-corrected chi connectivity index (χ2v) is 2.96. The van der Waals surface area contributed by atoms with Gasteiger partial charge in [-0.25, -0.2) is 23.3 Å². The molecule has 0 N–H and O–H groups in total. The van der Waals surface area contributed by atoms with Gasteiger partial charge in [0.15, 0.2) is 0 Å². The molecule has 2 rings (SSSR count). The molecule has 0 aromatic carbocycles. The first-order valence-electron chi connectivity index (χ1n) is 4.27. The fraction of sp³-hybridized carbons (Fsp3) is 0.333. The quantitative estimate of drug-likeness (QED) is 0.305. The fourth-order valence-electron chi connectivity index (χ4n) is 0.974. The Morgan fingerprint density at radius 3 is 2.00 bits per heavy atom. The van der Waals surface area contributed by atoms with Crippen molar-refractivity contribution in [1.29, 1.82) is 0 Å². The Kier molecular flexibility index (Phi) is 17.3. The number of rotatable bonds is 0. The molecular formula is C12H14Cl2Hf. The molecular weight excluding hydrogens is 394 g/mol. The normalized spacial score (nSPS) is 14.8. The molecule has 0 nitrogen and oxygen atoms in total. The maximum atomic E-state index is 3.12. The third kappa shape index (κ3) is 9.35. The first-order chi connectivity index (χ1) is 5.80. The summed E-state index contributed by atoms with van der Waals surface area (Å²) in [4.78, 5) is 0. The minimum absolute atomic E-state index is 0. The molecule has 0 unspecified atom stereocenters. The summed E-state index contributed by atoms with van der Waals surface area (Å²) in [6.45, 7) is 4.24. The average molecular weight is 408 g/mol. The van der Waals surface area contributed by atoms with Crippen LogP contribution < -0.4 is 24.8 Å². The van der Waals surface area contributed by atoms with Gasteiger partial charge in [0.25, 0.3) is 0 Å². The van der Waals surface area contributed by atoms with Gasteiger partial charge in [-0.2, -0.15) is 12.2 Å². The predicted molar refractivity (Wildman–Crippen MR) is 52.4 cm³/mol. The summed E-state index contributed by atoms with van der Waals surface area (Å²) < 4.78 is 0. The molecule has 0 saturated carbocycles. The van der Waals surface area contributed by atoms with Crippen LogP contribution in [-0.2, 0) is 25.8 Å². The van der Waals surface area contributed by atoms with E-state index in [-0.39, 0.29) is 50.7 Å². The molecule has 2 aliphatic rings. The van der Waals surface area contributed by atoms with E-state index in [9.17, 15) is 0 Å². The number of hydrogen-bond donors (Lipinski definition) is 0. The van der Waals surface area contributed by atoms with E-state index in [1.165, 1.54) is 11.1 Å². The van der Waals surface area contributed by atoms with Crippen LogP contribution in [-0.4, -0.2) is 0 Å². The van der Waals surface area contributed by atoms with Crippen molar-refractivity contribution in [2.24, 2.45) is 0 Å².